The third-order valence-corrected chi connectivity index (χ3v) is 11.1. The molecule has 0 unspecified atom stereocenters. The van der Waals surface area contributed by atoms with Gasteiger partial charge in [-0.3, -0.25) is 0 Å². The van der Waals surface area contributed by atoms with Gasteiger partial charge in [0, 0.05) is 60.0 Å². The van der Waals surface area contributed by atoms with Gasteiger partial charge in [-0.2, -0.15) is 0 Å². The third kappa shape index (κ3) is 5.12. The molecule has 4 heterocycles. The highest BCUT2D eigenvalue weighted by Crippen LogP contribution is 2.42. The van der Waals surface area contributed by atoms with Crippen LogP contribution in [0.1, 0.15) is 0 Å². The average Bonchev–Trinajstić information content (AvgIpc) is 3.88. The van der Waals surface area contributed by atoms with Crippen LogP contribution in [0, 0.1) is 0 Å². The lowest BCUT2D eigenvalue weighted by molar-refractivity contribution is 0.668. The second-order valence-corrected chi connectivity index (χ2v) is 14.5. The minimum Gasteiger partial charge on any atom is -0.456 e. The predicted octanol–water partition coefficient (Wildman–Crippen LogP) is 13.7. The fourth-order valence-electron chi connectivity index (χ4n) is 8.42. The summed E-state index contributed by atoms with van der Waals surface area (Å²) in [6.07, 6.45) is 0. The zero-order chi connectivity index (χ0) is 38.2. The van der Waals surface area contributed by atoms with E-state index in [-0.39, 0.29) is 0 Å². The number of furan rings is 2. The number of pyridine rings is 1. The van der Waals surface area contributed by atoms with Crippen LogP contribution in [0.25, 0.3) is 122 Å². The van der Waals surface area contributed by atoms with E-state index >= 15 is 0 Å². The van der Waals surface area contributed by atoms with E-state index in [0.29, 0.717) is 17.5 Å². The first kappa shape index (κ1) is 32.3. The van der Waals surface area contributed by atoms with E-state index < -0.39 is 0 Å². The van der Waals surface area contributed by atoms with Crippen molar-refractivity contribution in [3.63, 3.8) is 0 Å². The van der Waals surface area contributed by atoms with E-state index in [1.54, 1.807) is 0 Å². The molecule has 0 saturated carbocycles. The number of hydrogen-bond donors (Lipinski definition) is 0. The molecule has 6 heteroatoms. The van der Waals surface area contributed by atoms with Crippen LogP contribution < -0.4 is 0 Å². The molecule has 0 aliphatic heterocycles. The number of para-hydroxylation sites is 2. The first-order valence-electron chi connectivity index (χ1n) is 19.3. The number of fused-ring (bicyclic) bond motifs is 10. The van der Waals surface area contributed by atoms with Gasteiger partial charge in [-0.15, -0.1) is 0 Å². The molecule has 0 aliphatic carbocycles. The highest BCUT2D eigenvalue weighted by Gasteiger charge is 2.20. The molecular weight excluding hydrogens is 713 g/mol. The maximum atomic E-state index is 6.35. The Morgan fingerprint density at radius 1 is 0.293 bits per heavy atom. The van der Waals surface area contributed by atoms with Gasteiger partial charge < -0.3 is 8.83 Å². The molecular formula is C52H30N4O2. The molecule has 0 atom stereocenters. The molecule has 0 radical (unpaired) electrons. The molecule has 270 valence electrons. The fourth-order valence-corrected chi connectivity index (χ4v) is 8.42. The zero-order valence-corrected chi connectivity index (χ0v) is 30.9. The summed E-state index contributed by atoms with van der Waals surface area (Å²) in [4.78, 5) is 20.5. The van der Waals surface area contributed by atoms with Crippen LogP contribution in [-0.4, -0.2) is 19.9 Å². The van der Waals surface area contributed by atoms with Gasteiger partial charge in [0.05, 0.1) is 11.2 Å². The van der Waals surface area contributed by atoms with Gasteiger partial charge in [0.2, 0.25) is 0 Å². The number of rotatable bonds is 5. The van der Waals surface area contributed by atoms with Crippen LogP contribution in [0.2, 0.25) is 0 Å². The Morgan fingerprint density at radius 2 is 0.828 bits per heavy atom. The molecule has 0 bridgehead atoms. The van der Waals surface area contributed by atoms with E-state index in [2.05, 4.69) is 103 Å². The summed E-state index contributed by atoms with van der Waals surface area (Å²) < 4.78 is 12.6. The molecule has 0 fully saturated rings. The lowest BCUT2D eigenvalue weighted by Crippen LogP contribution is -2.00. The summed E-state index contributed by atoms with van der Waals surface area (Å²) in [7, 11) is 0. The monoisotopic (exact) mass is 742 g/mol. The number of aromatic nitrogens is 4. The van der Waals surface area contributed by atoms with E-state index in [4.69, 9.17) is 28.8 Å². The molecule has 6 nitrogen and oxygen atoms in total. The lowest BCUT2D eigenvalue weighted by atomic mass is 9.94. The maximum absolute atomic E-state index is 6.35. The summed E-state index contributed by atoms with van der Waals surface area (Å²) in [6, 6.07) is 62.1. The molecule has 58 heavy (non-hydrogen) atoms. The molecule has 0 aliphatic rings. The average molecular weight is 743 g/mol. The van der Waals surface area contributed by atoms with Crippen LogP contribution in [0.4, 0.5) is 0 Å². The van der Waals surface area contributed by atoms with E-state index in [0.717, 1.165) is 105 Å². The molecule has 4 aromatic heterocycles. The summed E-state index contributed by atoms with van der Waals surface area (Å²) in [6.45, 7) is 0. The minimum absolute atomic E-state index is 0.589. The molecule has 12 aromatic rings. The minimum atomic E-state index is 0.589. The van der Waals surface area contributed by atoms with Crippen molar-refractivity contribution in [2.24, 2.45) is 0 Å². The Kier molecular flexibility index (Phi) is 7.13. The Balaban J connectivity index is 1.00. The van der Waals surface area contributed by atoms with Crippen LogP contribution in [0.15, 0.2) is 191 Å². The van der Waals surface area contributed by atoms with Crippen molar-refractivity contribution in [1.82, 2.24) is 19.9 Å². The van der Waals surface area contributed by atoms with Crippen LogP contribution in [-0.2, 0) is 0 Å². The quantitative estimate of drug-likeness (QED) is 0.163. The van der Waals surface area contributed by atoms with Crippen LogP contribution in [0.3, 0.4) is 0 Å². The number of nitrogens with zero attached hydrogens (tertiary/aromatic N) is 4. The van der Waals surface area contributed by atoms with Gasteiger partial charge in [-0.25, -0.2) is 19.9 Å². The largest absolute Gasteiger partial charge is 0.456 e. The molecule has 0 amide bonds. The van der Waals surface area contributed by atoms with Crippen molar-refractivity contribution in [2.45, 2.75) is 0 Å². The Labute approximate surface area is 331 Å². The van der Waals surface area contributed by atoms with Crippen LogP contribution in [0.5, 0.6) is 0 Å². The van der Waals surface area contributed by atoms with Crippen molar-refractivity contribution in [3.8, 4) is 56.5 Å². The van der Waals surface area contributed by atoms with E-state index in [9.17, 15) is 0 Å². The number of benzene rings is 8. The summed E-state index contributed by atoms with van der Waals surface area (Å²) in [5.74, 6) is 1.79. The first-order valence-corrected chi connectivity index (χ1v) is 19.3. The lowest BCUT2D eigenvalue weighted by Gasteiger charge is -2.13. The van der Waals surface area contributed by atoms with Gasteiger partial charge in [-0.1, -0.05) is 146 Å². The summed E-state index contributed by atoms with van der Waals surface area (Å²) >= 11 is 0. The predicted molar refractivity (Wildman–Crippen MR) is 234 cm³/mol. The van der Waals surface area contributed by atoms with Gasteiger partial charge in [0.25, 0.3) is 0 Å². The first-order chi connectivity index (χ1) is 28.7. The molecule has 0 spiro atoms. The SMILES string of the molecule is c1ccc(-c2nc(-c3ccc(-c4ccc5c(c4)nc(-c4ccccc4)c4ccc6oc7ccccc7c6c45)cc3)nc(-c3cccc4oc5ccccc5c34)n2)cc1. The Hall–Kier alpha value is -7.96. The van der Waals surface area contributed by atoms with Crippen molar-refractivity contribution in [3.05, 3.63) is 182 Å². The third-order valence-electron chi connectivity index (χ3n) is 11.1. The van der Waals surface area contributed by atoms with Crippen molar-refractivity contribution in [2.75, 3.05) is 0 Å². The molecule has 12 rings (SSSR count). The van der Waals surface area contributed by atoms with E-state index in [1.165, 1.54) is 0 Å². The Morgan fingerprint density at radius 3 is 1.55 bits per heavy atom. The van der Waals surface area contributed by atoms with Crippen molar-refractivity contribution in [1.29, 1.82) is 0 Å². The van der Waals surface area contributed by atoms with Crippen LogP contribution >= 0.6 is 0 Å². The van der Waals surface area contributed by atoms with Gasteiger partial charge >= 0.3 is 0 Å². The van der Waals surface area contributed by atoms with Crippen molar-refractivity contribution >= 4 is 65.6 Å². The fraction of sp³-hybridized carbons (Fsp3) is 0. The topological polar surface area (TPSA) is 77.8 Å². The standard InChI is InChI=1S/C52H30N4O2/c1-3-12-32(13-4-1)49-39-28-29-45-48(38-17-8-10-20-43(38)58-45)47(39)36-27-26-35(30-41(36)53-49)31-22-24-34(25-23-31)51-54-50(33-14-5-2-6-15-33)55-52(56-51)40-18-11-21-44-46(40)37-16-7-9-19-42(37)57-44/h1-30H. The normalized spacial score (nSPS) is 11.8. The number of hydrogen-bond acceptors (Lipinski definition) is 6. The highest BCUT2D eigenvalue weighted by atomic mass is 16.3. The zero-order valence-electron chi connectivity index (χ0n) is 30.9. The van der Waals surface area contributed by atoms with Gasteiger partial charge in [0.15, 0.2) is 17.5 Å². The van der Waals surface area contributed by atoms with Gasteiger partial charge in [0.1, 0.15) is 22.3 Å². The van der Waals surface area contributed by atoms with Crippen molar-refractivity contribution < 1.29 is 8.83 Å². The molecule has 8 aromatic carbocycles. The van der Waals surface area contributed by atoms with E-state index in [1.807, 2.05) is 78.9 Å². The molecule has 0 saturated heterocycles. The highest BCUT2D eigenvalue weighted by molar-refractivity contribution is 6.28. The maximum Gasteiger partial charge on any atom is 0.164 e. The van der Waals surface area contributed by atoms with Gasteiger partial charge in [-0.05, 0) is 47.5 Å². The second kappa shape index (κ2) is 12.8. The summed E-state index contributed by atoms with van der Waals surface area (Å²) in [5, 5.41) is 7.54. The smallest absolute Gasteiger partial charge is 0.164 e. The molecule has 0 N–H and O–H groups in total. The summed E-state index contributed by atoms with van der Waals surface area (Å²) in [5.41, 5.74) is 11.1. The Bertz CT molecular complexity index is 3560. The second-order valence-electron chi connectivity index (χ2n) is 14.5.